The third-order valence-corrected chi connectivity index (χ3v) is 4.07. The lowest BCUT2D eigenvalue weighted by Crippen LogP contribution is -2.33. The van der Waals surface area contributed by atoms with Gasteiger partial charge in [0.25, 0.3) is 5.56 Å². The van der Waals surface area contributed by atoms with Crippen LogP contribution >= 0.6 is 15.9 Å². The van der Waals surface area contributed by atoms with E-state index < -0.39 is 0 Å². The number of benzene rings is 1. The summed E-state index contributed by atoms with van der Waals surface area (Å²) in [5, 5.41) is 7.05. The van der Waals surface area contributed by atoms with Gasteiger partial charge in [-0.1, -0.05) is 28.1 Å². The molecular weight excluding hydrogens is 384 g/mol. The van der Waals surface area contributed by atoms with E-state index in [-0.39, 0.29) is 18.0 Å². The summed E-state index contributed by atoms with van der Waals surface area (Å²) in [7, 11) is 0. The summed E-state index contributed by atoms with van der Waals surface area (Å²) >= 11 is 3.38. The van der Waals surface area contributed by atoms with Crippen molar-refractivity contribution in [3.8, 4) is 11.3 Å². The summed E-state index contributed by atoms with van der Waals surface area (Å²) in [6.07, 6.45) is 3.32. The Morgan fingerprint density at radius 2 is 1.76 bits per heavy atom. The summed E-state index contributed by atoms with van der Waals surface area (Å²) in [6, 6.07) is 14.3. The molecule has 3 aromatic rings. The predicted molar refractivity (Wildman–Crippen MR) is 97.7 cm³/mol. The highest BCUT2D eigenvalue weighted by Crippen LogP contribution is 2.18. The van der Waals surface area contributed by atoms with Crippen LogP contribution < -0.4 is 10.9 Å². The van der Waals surface area contributed by atoms with Crippen molar-refractivity contribution in [3.63, 3.8) is 0 Å². The molecule has 126 valence electrons. The van der Waals surface area contributed by atoms with Gasteiger partial charge in [-0.05, 0) is 35.9 Å². The minimum atomic E-state index is -0.320. The zero-order chi connectivity index (χ0) is 17.6. The molecule has 0 atom stereocenters. The fourth-order valence-electron chi connectivity index (χ4n) is 2.23. The highest BCUT2D eigenvalue weighted by atomic mass is 79.9. The van der Waals surface area contributed by atoms with E-state index in [1.165, 1.54) is 10.7 Å². The van der Waals surface area contributed by atoms with Crippen LogP contribution in [-0.2, 0) is 17.9 Å². The first-order valence-electron chi connectivity index (χ1n) is 7.61. The van der Waals surface area contributed by atoms with Crippen molar-refractivity contribution in [1.29, 1.82) is 0 Å². The number of nitrogens with one attached hydrogen (secondary N) is 1. The van der Waals surface area contributed by atoms with Gasteiger partial charge in [-0.2, -0.15) is 5.10 Å². The Hall–Kier alpha value is -2.80. The van der Waals surface area contributed by atoms with Crippen molar-refractivity contribution in [1.82, 2.24) is 20.1 Å². The van der Waals surface area contributed by atoms with Gasteiger partial charge in [0.05, 0.1) is 5.69 Å². The third-order valence-electron chi connectivity index (χ3n) is 3.54. The van der Waals surface area contributed by atoms with Gasteiger partial charge in [0.15, 0.2) is 0 Å². The molecule has 1 amide bonds. The number of rotatable bonds is 5. The van der Waals surface area contributed by atoms with Crippen LogP contribution in [0.3, 0.4) is 0 Å². The molecule has 0 bridgehead atoms. The number of aromatic nitrogens is 3. The van der Waals surface area contributed by atoms with Crippen LogP contribution in [0, 0.1) is 0 Å². The number of carbonyl (C=O) groups is 1. The molecule has 0 saturated heterocycles. The zero-order valence-electron chi connectivity index (χ0n) is 13.2. The molecule has 3 rings (SSSR count). The molecular formula is C18H15BrN4O2. The standard InChI is InChI=1S/C18H15BrN4O2/c19-15-3-1-14(2-4-15)16-5-6-18(25)23(22-16)12-17(24)21-11-13-7-9-20-10-8-13/h1-10H,11-12H2,(H,21,24). The zero-order valence-corrected chi connectivity index (χ0v) is 14.8. The van der Waals surface area contributed by atoms with Crippen molar-refractivity contribution in [3.05, 3.63) is 81.3 Å². The van der Waals surface area contributed by atoms with Crippen LogP contribution in [0.1, 0.15) is 5.56 Å². The fourth-order valence-corrected chi connectivity index (χ4v) is 2.49. The van der Waals surface area contributed by atoms with Gasteiger partial charge in [-0.15, -0.1) is 0 Å². The van der Waals surface area contributed by atoms with E-state index in [1.807, 2.05) is 36.4 Å². The highest BCUT2D eigenvalue weighted by Gasteiger charge is 2.08. The van der Waals surface area contributed by atoms with Crippen LogP contribution in [0.25, 0.3) is 11.3 Å². The maximum absolute atomic E-state index is 12.1. The van der Waals surface area contributed by atoms with Crippen LogP contribution in [0.15, 0.2) is 70.2 Å². The number of pyridine rings is 1. The van der Waals surface area contributed by atoms with Crippen molar-refractivity contribution < 1.29 is 4.79 Å². The molecule has 0 saturated carbocycles. The van der Waals surface area contributed by atoms with Gasteiger partial charge in [-0.25, -0.2) is 4.68 Å². The second-order valence-electron chi connectivity index (χ2n) is 5.35. The van der Waals surface area contributed by atoms with E-state index in [4.69, 9.17) is 0 Å². The molecule has 0 unspecified atom stereocenters. The van der Waals surface area contributed by atoms with Gasteiger partial charge in [0.2, 0.25) is 5.91 Å². The number of halogens is 1. The largest absolute Gasteiger partial charge is 0.350 e. The molecule has 25 heavy (non-hydrogen) atoms. The number of carbonyl (C=O) groups excluding carboxylic acids is 1. The van der Waals surface area contributed by atoms with Gasteiger partial charge >= 0.3 is 0 Å². The molecule has 0 radical (unpaired) electrons. The molecule has 2 heterocycles. The molecule has 0 aliphatic rings. The first kappa shape index (κ1) is 17.0. The molecule has 2 aromatic heterocycles. The average Bonchev–Trinajstić information content (AvgIpc) is 2.63. The maximum Gasteiger partial charge on any atom is 0.267 e. The van der Waals surface area contributed by atoms with Crippen LogP contribution in [0.2, 0.25) is 0 Å². The van der Waals surface area contributed by atoms with E-state index >= 15 is 0 Å². The minimum Gasteiger partial charge on any atom is -0.350 e. The lowest BCUT2D eigenvalue weighted by Gasteiger charge is -2.08. The highest BCUT2D eigenvalue weighted by molar-refractivity contribution is 9.10. The summed E-state index contributed by atoms with van der Waals surface area (Å²) in [4.78, 5) is 28.0. The van der Waals surface area contributed by atoms with E-state index in [9.17, 15) is 9.59 Å². The minimum absolute atomic E-state index is 0.131. The summed E-state index contributed by atoms with van der Waals surface area (Å²) in [6.45, 7) is 0.247. The van der Waals surface area contributed by atoms with E-state index in [0.717, 1.165) is 15.6 Å². The Kier molecular flexibility index (Phi) is 5.35. The van der Waals surface area contributed by atoms with E-state index in [1.54, 1.807) is 18.5 Å². The van der Waals surface area contributed by atoms with Crippen molar-refractivity contribution in [2.45, 2.75) is 13.1 Å². The van der Waals surface area contributed by atoms with Gasteiger partial charge in [0, 0.05) is 35.0 Å². The molecule has 7 heteroatoms. The average molecular weight is 399 g/mol. The number of nitrogens with zero attached hydrogens (tertiary/aromatic N) is 3. The normalized spacial score (nSPS) is 10.4. The molecule has 0 aliphatic heterocycles. The Bertz CT molecular complexity index is 924. The van der Waals surface area contributed by atoms with Gasteiger partial charge < -0.3 is 5.32 Å². The predicted octanol–water partition coefficient (Wildman–Crippen LogP) is 2.38. The quantitative estimate of drug-likeness (QED) is 0.715. The summed E-state index contributed by atoms with van der Waals surface area (Å²) < 4.78 is 2.12. The summed E-state index contributed by atoms with van der Waals surface area (Å²) in [5.41, 5.74) is 2.12. The van der Waals surface area contributed by atoms with Crippen LogP contribution in [0.4, 0.5) is 0 Å². The van der Waals surface area contributed by atoms with Gasteiger partial charge in [0.1, 0.15) is 6.54 Å². The topological polar surface area (TPSA) is 76.9 Å². The van der Waals surface area contributed by atoms with Gasteiger partial charge in [-0.3, -0.25) is 14.6 Å². The molecule has 0 spiro atoms. The van der Waals surface area contributed by atoms with Crippen molar-refractivity contribution in [2.24, 2.45) is 0 Å². The monoisotopic (exact) mass is 398 g/mol. The SMILES string of the molecule is O=C(Cn1nc(-c2ccc(Br)cc2)ccc1=O)NCc1ccncc1. The second kappa shape index (κ2) is 7.85. The lowest BCUT2D eigenvalue weighted by molar-refractivity contribution is -0.122. The number of amides is 1. The summed E-state index contributed by atoms with van der Waals surface area (Å²) in [5.74, 6) is -0.278. The second-order valence-corrected chi connectivity index (χ2v) is 6.27. The smallest absolute Gasteiger partial charge is 0.267 e. The Morgan fingerprint density at radius 1 is 1.04 bits per heavy atom. The van der Waals surface area contributed by atoms with Crippen molar-refractivity contribution >= 4 is 21.8 Å². The van der Waals surface area contributed by atoms with Crippen molar-refractivity contribution in [2.75, 3.05) is 0 Å². The lowest BCUT2D eigenvalue weighted by atomic mass is 10.1. The molecule has 0 aliphatic carbocycles. The third kappa shape index (κ3) is 4.60. The van der Waals surface area contributed by atoms with E-state index in [2.05, 4.69) is 31.3 Å². The first-order valence-corrected chi connectivity index (χ1v) is 8.41. The molecule has 1 aromatic carbocycles. The number of hydrogen-bond donors (Lipinski definition) is 1. The molecule has 0 fully saturated rings. The van der Waals surface area contributed by atoms with Crippen LogP contribution in [-0.4, -0.2) is 20.7 Å². The van der Waals surface area contributed by atoms with E-state index in [0.29, 0.717) is 12.2 Å². The Balaban J connectivity index is 1.71. The molecule has 1 N–H and O–H groups in total. The first-order chi connectivity index (χ1) is 12.1. The maximum atomic E-state index is 12.1. The van der Waals surface area contributed by atoms with Crippen LogP contribution in [0.5, 0.6) is 0 Å². The number of hydrogen-bond acceptors (Lipinski definition) is 4. The fraction of sp³-hybridized carbons (Fsp3) is 0.111. The Morgan fingerprint density at radius 3 is 2.48 bits per heavy atom. The Labute approximate surface area is 152 Å². The molecule has 6 nitrogen and oxygen atoms in total.